The van der Waals surface area contributed by atoms with Crippen LogP contribution in [0.3, 0.4) is 0 Å². The highest BCUT2D eigenvalue weighted by molar-refractivity contribution is 5.75. The number of rotatable bonds is 3. The molecule has 1 aromatic carbocycles. The molecule has 1 aromatic rings. The van der Waals surface area contributed by atoms with Crippen molar-refractivity contribution in [2.75, 3.05) is 13.2 Å². The number of hydrogen-bond donors (Lipinski definition) is 2. The lowest BCUT2D eigenvalue weighted by molar-refractivity contribution is -0.156. The third-order valence-corrected chi connectivity index (χ3v) is 3.74. The molecule has 2 atom stereocenters. The summed E-state index contributed by atoms with van der Waals surface area (Å²) in [7, 11) is 0. The molecule has 0 bridgehead atoms. The summed E-state index contributed by atoms with van der Waals surface area (Å²) in [5.41, 5.74) is -0.995. The van der Waals surface area contributed by atoms with Crippen molar-refractivity contribution in [1.82, 2.24) is 10.2 Å². The van der Waals surface area contributed by atoms with Gasteiger partial charge in [0.1, 0.15) is 0 Å². The largest absolute Gasteiger partial charge is 0.413 e. The minimum Gasteiger partial charge on any atom is -0.394 e. The fraction of sp³-hybridized carbons (Fsp3) is 0.500. The monoisotopic (exact) mass is 338 g/mol. The quantitative estimate of drug-likeness (QED) is 0.833. The van der Waals surface area contributed by atoms with Gasteiger partial charge in [0.05, 0.1) is 12.6 Å². The van der Waals surface area contributed by atoms with Crippen LogP contribution in [-0.4, -0.2) is 41.4 Å². The highest BCUT2D eigenvalue weighted by Gasteiger charge is 2.45. The Hall–Kier alpha value is -1.90. The van der Waals surface area contributed by atoms with Crippen molar-refractivity contribution in [3.8, 4) is 0 Å². The molecule has 9 heteroatoms. The number of aliphatic hydroxyl groups is 1. The van der Waals surface area contributed by atoms with E-state index in [1.807, 2.05) is 0 Å². The Morgan fingerprint density at radius 2 is 2.09 bits per heavy atom. The Balaban J connectivity index is 2.27. The van der Waals surface area contributed by atoms with Crippen LogP contribution in [-0.2, 0) is 0 Å². The van der Waals surface area contributed by atoms with E-state index >= 15 is 0 Å². The third kappa shape index (κ3) is 3.72. The molecule has 0 unspecified atom stereocenters. The van der Waals surface area contributed by atoms with Crippen LogP contribution in [0.25, 0.3) is 0 Å². The SMILES string of the molecule is O=C(N[C@H](c1cccc(F)c1F)C(F)(F)F)N1CCC[C@@H]1CO. The summed E-state index contributed by atoms with van der Waals surface area (Å²) in [6.45, 7) is -0.189. The number of nitrogens with zero attached hydrogens (tertiary/aromatic N) is 1. The number of urea groups is 1. The van der Waals surface area contributed by atoms with Gasteiger partial charge in [-0.3, -0.25) is 0 Å². The van der Waals surface area contributed by atoms with Crippen LogP contribution in [0, 0.1) is 11.6 Å². The molecule has 2 N–H and O–H groups in total. The van der Waals surface area contributed by atoms with Crippen LogP contribution in [0.15, 0.2) is 18.2 Å². The van der Waals surface area contributed by atoms with E-state index in [1.54, 1.807) is 5.32 Å². The minimum absolute atomic E-state index is 0.188. The van der Waals surface area contributed by atoms with Crippen LogP contribution in [0.2, 0.25) is 0 Å². The van der Waals surface area contributed by atoms with E-state index in [4.69, 9.17) is 5.11 Å². The molecule has 0 aliphatic carbocycles. The normalized spacial score (nSPS) is 19.7. The number of aliphatic hydroxyl groups excluding tert-OH is 1. The highest BCUT2D eigenvalue weighted by Crippen LogP contribution is 2.35. The van der Waals surface area contributed by atoms with Crippen LogP contribution in [0.5, 0.6) is 0 Å². The van der Waals surface area contributed by atoms with E-state index in [-0.39, 0.29) is 13.2 Å². The first-order valence-corrected chi connectivity index (χ1v) is 6.94. The number of carbonyl (C=O) groups excluding carboxylic acids is 1. The fourth-order valence-electron chi connectivity index (χ4n) is 2.58. The Labute approximate surface area is 128 Å². The molecular weight excluding hydrogens is 323 g/mol. The van der Waals surface area contributed by atoms with Gasteiger partial charge in [0.15, 0.2) is 17.7 Å². The molecule has 2 rings (SSSR count). The number of alkyl halides is 3. The maximum Gasteiger partial charge on any atom is 0.413 e. The Morgan fingerprint density at radius 3 is 2.70 bits per heavy atom. The topological polar surface area (TPSA) is 52.6 Å². The van der Waals surface area contributed by atoms with Crippen molar-refractivity contribution in [2.45, 2.75) is 31.1 Å². The van der Waals surface area contributed by atoms with Gasteiger partial charge < -0.3 is 15.3 Å². The molecule has 1 fully saturated rings. The summed E-state index contributed by atoms with van der Waals surface area (Å²) in [6.07, 6.45) is -3.99. The summed E-state index contributed by atoms with van der Waals surface area (Å²) >= 11 is 0. The van der Waals surface area contributed by atoms with Gasteiger partial charge in [-0.25, -0.2) is 13.6 Å². The van der Waals surface area contributed by atoms with Gasteiger partial charge in [0, 0.05) is 12.1 Å². The lowest BCUT2D eigenvalue weighted by Gasteiger charge is -2.28. The van der Waals surface area contributed by atoms with Crippen molar-refractivity contribution >= 4 is 6.03 Å². The van der Waals surface area contributed by atoms with Gasteiger partial charge in [-0.1, -0.05) is 12.1 Å². The van der Waals surface area contributed by atoms with Gasteiger partial charge in [-0.05, 0) is 18.9 Å². The number of hydrogen-bond acceptors (Lipinski definition) is 2. The second-order valence-corrected chi connectivity index (χ2v) is 5.24. The standard InChI is InChI=1S/C14H15F5N2O2/c15-10-5-1-4-9(11(10)16)12(14(17,18)19)20-13(23)21-6-2-3-8(21)7-22/h1,4-5,8,12,22H,2-3,6-7H2,(H,20,23)/t8-,12-/m1/s1. The van der Waals surface area contributed by atoms with E-state index < -0.39 is 41.5 Å². The van der Waals surface area contributed by atoms with E-state index in [0.717, 1.165) is 17.0 Å². The molecule has 1 heterocycles. The molecule has 0 aromatic heterocycles. The molecule has 1 aliphatic rings. The zero-order chi connectivity index (χ0) is 17.2. The van der Waals surface area contributed by atoms with Crippen LogP contribution in [0.1, 0.15) is 24.4 Å². The molecule has 4 nitrogen and oxygen atoms in total. The van der Waals surface area contributed by atoms with E-state index in [1.165, 1.54) is 0 Å². The van der Waals surface area contributed by atoms with Gasteiger partial charge >= 0.3 is 12.2 Å². The Kier molecular flexibility index (Phi) is 5.08. The van der Waals surface area contributed by atoms with Gasteiger partial charge in [0.2, 0.25) is 0 Å². The van der Waals surface area contributed by atoms with E-state index in [0.29, 0.717) is 18.9 Å². The highest BCUT2D eigenvalue weighted by atomic mass is 19.4. The Bertz CT molecular complexity index is 579. The smallest absolute Gasteiger partial charge is 0.394 e. The molecular formula is C14H15F5N2O2. The predicted molar refractivity (Wildman–Crippen MR) is 70.5 cm³/mol. The first-order valence-electron chi connectivity index (χ1n) is 6.94. The lowest BCUT2D eigenvalue weighted by Crippen LogP contribution is -2.48. The first-order chi connectivity index (χ1) is 10.8. The Morgan fingerprint density at radius 1 is 1.39 bits per heavy atom. The van der Waals surface area contributed by atoms with Crippen LogP contribution >= 0.6 is 0 Å². The van der Waals surface area contributed by atoms with Crippen molar-refractivity contribution in [3.63, 3.8) is 0 Å². The number of benzene rings is 1. The maximum atomic E-state index is 13.7. The summed E-state index contributed by atoms with van der Waals surface area (Å²) in [4.78, 5) is 13.1. The van der Waals surface area contributed by atoms with Crippen LogP contribution in [0.4, 0.5) is 26.7 Å². The summed E-state index contributed by atoms with van der Waals surface area (Å²) in [5, 5.41) is 10.8. The molecule has 23 heavy (non-hydrogen) atoms. The summed E-state index contributed by atoms with van der Waals surface area (Å²) in [6, 6.07) is -1.94. The molecule has 128 valence electrons. The molecule has 0 saturated carbocycles. The molecule has 0 radical (unpaired) electrons. The first kappa shape index (κ1) is 17.5. The number of likely N-dealkylation sites (tertiary alicyclic amines) is 1. The summed E-state index contributed by atoms with van der Waals surface area (Å²) in [5.74, 6) is -3.09. The number of halogens is 5. The lowest BCUT2D eigenvalue weighted by atomic mass is 10.1. The van der Waals surface area contributed by atoms with Crippen molar-refractivity contribution < 1.29 is 31.9 Å². The van der Waals surface area contributed by atoms with Crippen molar-refractivity contribution in [3.05, 3.63) is 35.4 Å². The molecule has 1 saturated heterocycles. The average Bonchev–Trinajstić information content (AvgIpc) is 2.95. The molecule has 0 spiro atoms. The van der Waals surface area contributed by atoms with Crippen LogP contribution < -0.4 is 5.32 Å². The second-order valence-electron chi connectivity index (χ2n) is 5.24. The molecule has 2 amide bonds. The number of carbonyl (C=O) groups is 1. The molecule has 1 aliphatic heterocycles. The maximum absolute atomic E-state index is 13.7. The van der Waals surface area contributed by atoms with E-state index in [9.17, 15) is 26.7 Å². The zero-order valence-corrected chi connectivity index (χ0v) is 11.9. The van der Waals surface area contributed by atoms with Crippen molar-refractivity contribution in [1.29, 1.82) is 0 Å². The van der Waals surface area contributed by atoms with Gasteiger partial charge in [0.25, 0.3) is 0 Å². The second kappa shape index (κ2) is 6.69. The van der Waals surface area contributed by atoms with Gasteiger partial charge in [-0.2, -0.15) is 13.2 Å². The zero-order valence-electron chi connectivity index (χ0n) is 11.9. The fourth-order valence-corrected chi connectivity index (χ4v) is 2.58. The summed E-state index contributed by atoms with van der Waals surface area (Å²) < 4.78 is 66.4. The third-order valence-electron chi connectivity index (χ3n) is 3.74. The van der Waals surface area contributed by atoms with Crippen molar-refractivity contribution in [2.24, 2.45) is 0 Å². The predicted octanol–water partition coefficient (Wildman–Crippen LogP) is 2.73. The average molecular weight is 338 g/mol. The minimum atomic E-state index is -5.00. The van der Waals surface area contributed by atoms with E-state index in [2.05, 4.69) is 0 Å². The number of amides is 2. The number of nitrogens with one attached hydrogen (secondary N) is 1. The van der Waals surface area contributed by atoms with Gasteiger partial charge in [-0.15, -0.1) is 0 Å².